The van der Waals surface area contributed by atoms with E-state index in [9.17, 15) is 22.8 Å². The standard InChI is InChI=1S/C14H7F3N4O2S/c15-14(16,17)10-2-1-8(6-18)12(23)21(10)7-9-5-11(22)20-3-4-24-13(20)19-9/h1-5H,7H2. The Kier molecular flexibility index (Phi) is 3.73. The Hall–Kier alpha value is -2.93. The normalized spacial score (nSPS) is 11.6. The number of thiazole rings is 1. The van der Waals surface area contributed by atoms with Crippen molar-refractivity contribution in [2.24, 2.45) is 0 Å². The minimum Gasteiger partial charge on any atom is -0.297 e. The van der Waals surface area contributed by atoms with Gasteiger partial charge in [0.2, 0.25) is 0 Å². The van der Waals surface area contributed by atoms with Gasteiger partial charge in [-0.3, -0.25) is 18.6 Å². The first-order valence-electron chi connectivity index (χ1n) is 6.48. The molecule has 0 aliphatic heterocycles. The molecule has 0 spiro atoms. The SMILES string of the molecule is N#Cc1ccc(C(F)(F)F)n(Cc2cc(=O)n3ccsc3n2)c1=O. The fourth-order valence-electron chi connectivity index (χ4n) is 2.20. The maximum Gasteiger partial charge on any atom is 0.431 e. The first kappa shape index (κ1) is 15.9. The Morgan fingerprint density at radius 2 is 2.04 bits per heavy atom. The Morgan fingerprint density at radius 1 is 1.29 bits per heavy atom. The number of hydrogen-bond acceptors (Lipinski definition) is 5. The molecule has 3 heterocycles. The summed E-state index contributed by atoms with van der Waals surface area (Å²) in [4.78, 5) is 28.4. The molecule has 3 aromatic rings. The van der Waals surface area contributed by atoms with Crippen LogP contribution in [0.5, 0.6) is 0 Å². The zero-order valence-electron chi connectivity index (χ0n) is 11.7. The van der Waals surface area contributed by atoms with Crippen molar-refractivity contribution in [3.8, 4) is 6.07 Å². The van der Waals surface area contributed by atoms with E-state index < -0.39 is 35.1 Å². The molecule has 0 radical (unpaired) electrons. The average molecular weight is 352 g/mol. The van der Waals surface area contributed by atoms with Gasteiger partial charge in [-0.25, -0.2) is 4.98 Å². The molecule has 6 nitrogen and oxygen atoms in total. The quantitative estimate of drug-likeness (QED) is 0.705. The molecule has 3 aromatic heterocycles. The summed E-state index contributed by atoms with van der Waals surface area (Å²) in [5.74, 6) is 0. The molecule has 0 saturated heterocycles. The number of aromatic nitrogens is 3. The molecular formula is C14H7F3N4O2S. The molecule has 24 heavy (non-hydrogen) atoms. The molecule has 0 atom stereocenters. The predicted octanol–water partition coefficient (Wildman–Crippen LogP) is 1.86. The molecule has 0 saturated carbocycles. The van der Waals surface area contributed by atoms with E-state index in [1.165, 1.54) is 10.6 Å². The molecule has 3 rings (SSSR count). The minimum atomic E-state index is -4.78. The Balaban J connectivity index is 2.19. The molecule has 0 unspecified atom stereocenters. The van der Waals surface area contributed by atoms with Gasteiger partial charge in [-0.05, 0) is 12.1 Å². The van der Waals surface area contributed by atoms with Crippen LogP contribution in [-0.4, -0.2) is 14.0 Å². The van der Waals surface area contributed by atoms with Gasteiger partial charge in [0.05, 0.1) is 12.2 Å². The number of rotatable bonds is 2. The maximum absolute atomic E-state index is 13.1. The maximum atomic E-state index is 13.1. The van der Waals surface area contributed by atoms with Gasteiger partial charge in [-0.1, -0.05) is 0 Å². The smallest absolute Gasteiger partial charge is 0.297 e. The van der Waals surface area contributed by atoms with Crippen molar-refractivity contribution in [1.29, 1.82) is 5.26 Å². The van der Waals surface area contributed by atoms with Crippen molar-refractivity contribution in [3.63, 3.8) is 0 Å². The summed E-state index contributed by atoms with van der Waals surface area (Å²) in [7, 11) is 0. The van der Waals surface area contributed by atoms with Crippen molar-refractivity contribution < 1.29 is 13.2 Å². The lowest BCUT2D eigenvalue weighted by Crippen LogP contribution is -2.30. The van der Waals surface area contributed by atoms with E-state index in [0.717, 1.165) is 23.5 Å². The van der Waals surface area contributed by atoms with Crippen molar-refractivity contribution in [2.45, 2.75) is 12.7 Å². The van der Waals surface area contributed by atoms with Crippen molar-refractivity contribution >= 4 is 16.3 Å². The van der Waals surface area contributed by atoms with Gasteiger partial charge in [-0.2, -0.15) is 18.4 Å². The third-order valence-electron chi connectivity index (χ3n) is 3.26. The van der Waals surface area contributed by atoms with E-state index in [2.05, 4.69) is 4.98 Å². The number of hydrogen-bond donors (Lipinski definition) is 0. The second-order valence-electron chi connectivity index (χ2n) is 4.77. The monoisotopic (exact) mass is 352 g/mol. The summed E-state index contributed by atoms with van der Waals surface area (Å²) in [5.41, 5.74) is -3.17. The molecule has 0 N–H and O–H groups in total. The summed E-state index contributed by atoms with van der Waals surface area (Å²) in [6.07, 6.45) is -3.29. The van der Waals surface area contributed by atoms with Crippen LogP contribution in [0.25, 0.3) is 4.96 Å². The van der Waals surface area contributed by atoms with E-state index in [0.29, 0.717) is 15.6 Å². The molecule has 0 aliphatic carbocycles. The predicted molar refractivity (Wildman–Crippen MR) is 78.9 cm³/mol. The summed E-state index contributed by atoms with van der Waals surface area (Å²) in [5, 5.41) is 10.5. The topological polar surface area (TPSA) is 80.2 Å². The fourth-order valence-corrected chi connectivity index (χ4v) is 2.94. The highest BCUT2D eigenvalue weighted by atomic mass is 32.1. The fraction of sp³-hybridized carbons (Fsp3) is 0.143. The van der Waals surface area contributed by atoms with Crippen LogP contribution in [0.15, 0.2) is 39.4 Å². The molecule has 0 aromatic carbocycles. The van der Waals surface area contributed by atoms with Gasteiger partial charge < -0.3 is 0 Å². The molecule has 0 aliphatic rings. The van der Waals surface area contributed by atoms with Gasteiger partial charge in [-0.15, -0.1) is 11.3 Å². The number of fused-ring (bicyclic) bond motifs is 1. The van der Waals surface area contributed by atoms with Crippen LogP contribution in [0.4, 0.5) is 13.2 Å². The molecular weight excluding hydrogens is 345 g/mol. The second-order valence-corrected chi connectivity index (χ2v) is 5.65. The highest BCUT2D eigenvalue weighted by molar-refractivity contribution is 7.15. The molecule has 0 bridgehead atoms. The molecule has 122 valence electrons. The zero-order valence-corrected chi connectivity index (χ0v) is 12.6. The lowest BCUT2D eigenvalue weighted by Gasteiger charge is -2.15. The third-order valence-corrected chi connectivity index (χ3v) is 4.02. The van der Waals surface area contributed by atoms with Crippen molar-refractivity contribution in [1.82, 2.24) is 14.0 Å². The van der Waals surface area contributed by atoms with Gasteiger partial charge in [0.1, 0.15) is 17.3 Å². The highest BCUT2D eigenvalue weighted by Crippen LogP contribution is 2.28. The lowest BCUT2D eigenvalue weighted by molar-refractivity contribution is -0.144. The van der Waals surface area contributed by atoms with Crippen LogP contribution >= 0.6 is 11.3 Å². The van der Waals surface area contributed by atoms with Crippen LogP contribution in [0.1, 0.15) is 17.0 Å². The van der Waals surface area contributed by atoms with Crippen molar-refractivity contribution in [3.05, 3.63) is 67.4 Å². The largest absolute Gasteiger partial charge is 0.431 e. The lowest BCUT2D eigenvalue weighted by atomic mass is 10.2. The minimum absolute atomic E-state index is 0.00476. The molecule has 0 fully saturated rings. The zero-order chi connectivity index (χ0) is 17.5. The van der Waals surface area contributed by atoms with Crippen molar-refractivity contribution in [2.75, 3.05) is 0 Å². The van der Waals surface area contributed by atoms with E-state index in [-0.39, 0.29) is 5.69 Å². The van der Waals surface area contributed by atoms with Gasteiger partial charge in [0, 0.05) is 17.6 Å². The van der Waals surface area contributed by atoms with E-state index in [1.807, 2.05) is 0 Å². The summed E-state index contributed by atoms with van der Waals surface area (Å²) in [6, 6.07) is 4.10. The van der Waals surface area contributed by atoms with Crippen LogP contribution in [0, 0.1) is 11.3 Å². The Bertz CT molecular complexity index is 1090. The summed E-state index contributed by atoms with van der Waals surface area (Å²) < 4.78 is 41.0. The van der Waals surface area contributed by atoms with Crippen LogP contribution < -0.4 is 11.1 Å². The number of nitriles is 1. The van der Waals surface area contributed by atoms with Gasteiger partial charge in [0.25, 0.3) is 11.1 Å². The average Bonchev–Trinajstić information content (AvgIpc) is 2.97. The van der Waals surface area contributed by atoms with E-state index >= 15 is 0 Å². The number of pyridine rings is 1. The summed E-state index contributed by atoms with van der Waals surface area (Å²) >= 11 is 1.14. The van der Waals surface area contributed by atoms with Gasteiger partial charge in [0.15, 0.2) is 4.96 Å². The van der Waals surface area contributed by atoms with Crippen LogP contribution in [-0.2, 0) is 12.7 Å². The molecule has 10 heteroatoms. The first-order valence-corrected chi connectivity index (χ1v) is 7.36. The Morgan fingerprint density at radius 3 is 2.71 bits per heavy atom. The number of nitrogens with zero attached hydrogens (tertiary/aromatic N) is 4. The van der Waals surface area contributed by atoms with Gasteiger partial charge >= 0.3 is 6.18 Å². The van der Waals surface area contributed by atoms with Crippen LogP contribution in [0.2, 0.25) is 0 Å². The third kappa shape index (κ3) is 2.69. The van der Waals surface area contributed by atoms with Crippen LogP contribution in [0.3, 0.4) is 0 Å². The second kappa shape index (κ2) is 5.61. The highest BCUT2D eigenvalue weighted by Gasteiger charge is 2.35. The van der Waals surface area contributed by atoms with E-state index in [4.69, 9.17) is 5.26 Å². The van der Waals surface area contributed by atoms with E-state index in [1.54, 1.807) is 11.4 Å². The number of halogens is 3. The first-order chi connectivity index (χ1) is 11.3. The number of alkyl halides is 3. The molecule has 0 amide bonds. The Labute approximate surface area is 135 Å². The summed E-state index contributed by atoms with van der Waals surface area (Å²) in [6.45, 7) is -0.563.